The van der Waals surface area contributed by atoms with Crippen LogP contribution in [0.5, 0.6) is 0 Å². The normalized spacial score (nSPS) is 12.0. The summed E-state index contributed by atoms with van der Waals surface area (Å²) >= 11 is 0. The largest absolute Gasteiger partial charge is 0.416 e. The van der Waals surface area contributed by atoms with E-state index >= 15 is 0 Å². The Kier molecular flexibility index (Phi) is 5.16. The van der Waals surface area contributed by atoms with E-state index in [4.69, 9.17) is 5.73 Å². The van der Waals surface area contributed by atoms with Crippen molar-refractivity contribution in [1.82, 2.24) is 9.29 Å². The Bertz CT molecular complexity index is 1350. The number of fused-ring (bicyclic) bond motifs is 1. The van der Waals surface area contributed by atoms with Crippen LogP contribution >= 0.6 is 0 Å². The number of primary amides is 1. The van der Waals surface area contributed by atoms with Gasteiger partial charge in [0.25, 0.3) is 15.9 Å². The van der Waals surface area contributed by atoms with Crippen molar-refractivity contribution >= 4 is 26.8 Å². The SMILES string of the molecule is C=CNS(=O)(=O)c1cc(-n2cc(C(N)=O)c(=O)c3ccccc32)cc(C(F)(F)F)c1. The molecule has 1 heterocycles. The van der Waals surface area contributed by atoms with E-state index in [2.05, 4.69) is 6.58 Å². The highest BCUT2D eigenvalue weighted by atomic mass is 32.2. The fourth-order valence-electron chi connectivity index (χ4n) is 2.89. The Morgan fingerprint density at radius 2 is 1.83 bits per heavy atom. The van der Waals surface area contributed by atoms with Gasteiger partial charge in [-0.1, -0.05) is 18.7 Å². The first-order chi connectivity index (χ1) is 14.0. The minimum Gasteiger partial charge on any atom is -0.365 e. The number of para-hydroxylation sites is 1. The lowest BCUT2D eigenvalue weighted by molar-refractivity contribution is -0.137. The van der Waals surface area contributed by atoms with Gasteiger partial charge in [0.05, 0.1) is 16.0 Å². The average molecular weight is 437 g/mol. The summed E-state index contributed by atoms with van der Waals surface area (Å²) < 4.78 is 68.0. The molecule has 0 bridgehead atoms. The zero-order valence-corrected chi connectivity index (χ0v) is 15.9. The topological polar surface area (TPSA) is 111 Å². The third-order valence-electron chi connectivity index (χ3n) is 4.22. The molecule has 7 nitrogen and oxygen atoms in total. The summed E-state index contributed by atoms with van der Waals surface area (Å²) in [7, 11) is -4.35. The van der Waals surface area contributed by atoms with Gasteiger partial charge in [0.1, 0.15) is 5.56 Å². The maximum Gasteiger partial charge on any atom is 0.416 e. The molecule has 0 fully saturated rings. The van der Waals surface area contributed by atoms with Crippen molar-refractivity contribution in [3.05, 3.63) is 82.8 Å². The Hall–Kier alpha value is -3.60. The molecule has 1 aromatic heterocycles. The van der Waals surface area contributed by atoms with Crippen LogP contribution in [0.25, 0.3) is 16.6 Å². The van der Waals surface area contributed by atoms with Crippen LogP contribution in [0.4, 0.5) is 13.2 Å². The third-order valence-corrected chi connectivity index (χ3v) is 5.56. The highest BCUT2D eigenvalue weighted by Gasteiger charge is 2.33. The highest BCUT2D eigenvalue weighted by Crippen LogP contribution is 2.33. The van der Waals surface area contributed by atoms with Crippen LogP contribution in [-0.2, 0) is 16.2 Å². The van der Waals surface area contributed by atoms with Gasteiger partial charge in [-0.3, -0.25) is 14.3 Å². The predicted molar refractivity (Wildman–Crippen MR) is 104 cm³/mol. The fourth-order valence-corrected chi connectivity index (χ4v) is 3.80. The number of rotatable bonds is 5. The van der Waals surface area contributed by atoms with E-state index in [9.17, 15) is 31.2 Å². The van der Waals surface area contributed by atoms with Crippen LogP contribution < -0.4 is 15.9 Å². The van der Waals surface area contributed by atoms with Crippen LogP contribution in [0.15, 0.2) is 71.1 Å². The number of nitrogens with one attached hydrogen (secondary N) is 1. The number of carbonyl (C=O) groups excluding carboxylic acids is 1. The second-order valence-electron chi connectivity index (χ2n) is 6.16. The summed E-state index contributed by atoms with van der Waals surface area (Å²) in [6.45, 7) is 3.20. The molecule has 11 heteroatoms. The smallest absolute Gasteiger partial charge is 0.365 e. The lowest BCUT2D eigenvalue weighted by Gasteiger charge is -2.17. The molecule has 0 saturated carbocycles. The van der Waals surface area contributed by atoms with Gasteiger partial charge >= 0.3 is 6.18 Å². The molecule has 156 valence electrons. The maximum absolute atomic E-state index is 13.5. The number of alkyl halides is 3. The number of amides is 1. The molecule has 0 aliphatic carbocycles. The molecule has 0 spiro atoms. The lowest BCUT2D eigenvalue weighted by atomic mass is 10.1. The molecule has 0 radical (unpaired) electrons. The molecule has 3 aromatic rings. The number of benzene rings is 2. The second kappa shape index (κ2) is 7.34. The number of carbonyl (C=O) groups is 1. The fraction of sp³-hybridized carbons (Fsp3) is 0.0526. The molecule has 0 saturated heterocycles. The minimum atomic E-state index is -4.87. The number of hydrogen-bond donors (Lipinski definition) is 2. The molecule has 0 atom stereocenters. The van der Waals surface area contributed by atoms with E-state index in [1.807, 2.05) is 4.72 Å². The summed E-state index contributed by atoms with van der Waals surface area (Å²) in [5.41, 5.74) is 2.76. The van der Waals surface area contributed by atoms with Crippen molar-refractivity contribution in [1.29, 1.82) is 0 Å². The monoisotopic (exact) mass is 437 g/mol. The van der Waals surface area contributed by atoms with Crippen molar-refractivity contribution < 1.29 is 26.4 Å². The second-order valence-corrected chi connectivity index (χ2v) is 7.88. The zero-order valence-electron chi connectivity index (χ0n) is 15.1. The molecule has 0 unspecified atom stereocenters. The van der Waals surface area contributed by atoms with Crippen LogP contribution in [0.2, 0.25) is 0 Å². The number of pyridine rings is 1. The van der Waals surface area contributed by atoms with Crippen molar-refractivity contribution in [2.75, 3.05) is 0 Å². The van der Waals surface area contributed by atoms with Gasteiger partial charge in [-0.2, -0.15) is 13.2 Å². The van der Waals surface area contributed by atoms with Crippen LogP contribution in [0.3, 0.4) is 0 Å². The number of nitrogens with two attached hydrogens (primary N) is 1. The first kappa shape index (κ1) is 21.1. The summed E-state index contributed by atoms with van der Waals surface area (Å²) in [5, 5.41) is 0.0276. The zero-order chi connectivity index (χ0) is 22.3. The number of hydrogen-bond acceptors (Lipinski definition) is 4. The quantitative estimate of drug-likeness (QED) is 0.639. The maximum atomic E-state index is 13.5. The third kappa shape index (κ3) is 3.79. The first-order valence-corrected chi connectivity index (χ1v) is 9.74. The van der Waals surface area contributed by atoms with E-state index in [0.717, 1.165) is 23.0 Å². The average Bonchev–Trinajstić information content (AvgIpc) is 2.67. The van der Waals surface area contributed by atoms with Crippen molar-refractivity contribution in [3.63, 3.8) is 0 Å². The van der Waals surface area contributed by atoms with Crippen molar-refractivity contribution in [3.8, 4) is 5.69 Å². The lowest BCUT2D eigenvalue weighted by Crippen LogP contribution is -2.24. The van der Waals surface area contributed by atoms with Crippen LogP contribution in [-0.4, -0.2) is 18.9 Å². The number of aromatic nitrogens is 1. The molecule has 1 amide bonds. The Labute approximate surface area is 168 Å². The number of halogens is 3. The van der Waals surface area contributed by atoms with Gasteiger partial charge < -0.3 is 10.3 Å². The van der Waals surface area contributed by atoms with Gasteiger partial charge in [-0.25, -0.2) is 8.42 Å². The summed E-state index contributed by atoms with van der Waals surface area (Å²) in [4.78, 5) is 23.5. The van der Waals surface area contributed by atoms with Gasteiger partial charge in [-0.05, 0) is 30.3 Å². The molecular formula is C19H14F3N3O4S. The van der Waals surface area contributed by atoms with Gasteiger partial charge in [0.15, 0.2) is 0 Å². The summed E-state index contributed by atoms with van der Waals surface area (Å²) in [6, 6.07) is 8.01. The molecular weight excluding hydrogens is 423 g/mol. The molecule has 30 heavy (non-hydrogen) atoms. The standard InChI is InChI=1S/C19H14F3N3O4S/c1-2-24-30(28,29)13-8-11(19(20,21)22)7-12(9-13)25-10-15(18(23)27)17(26)14-5-3-4-6-16(14)25/h2-10,24H,1H2,(H2,23,27). The van der Waals surface area contributed by atoms with E-state index in [1.165, 1.54) is 24.3 Å². The Morgan fingerprint density at radius 3 is 2.43 bits per heavy atom. The Morgan fingerprint density at radius 1 is 1.17 bits per heavy atom. The van der Waals surface area contributed by atoms with Crippen molar-refractivity contribution in [2.24, 2.45) is 5.73 Å². The van der Waals surface area contributed by atoms with Gasteiger partial charge in [0.2, 0.25) is 5.43 Å². The van der Waals surface area contributed by atoms with E-state index in [1.54, 1.807) is 0 Å². The summed E-state index contributed by atoms with van der Waals surface area (Å²) in [5.74, 6) is -1.08. The molecule has 0 aliphatic rings. The highest BCUT2D eigenvalue weighted by molar-refractivity contribution is 7.89. The molecule has 0 aliphatic heterocycles. The van der Waals surface area contributed by atoms with E-state index in [0.29, 0.717) is 12.1 Å². The van der Waals surface area contributed by atoms with Crippen LogP contribution in [0.1, 0.15) is 15.9 Å². The predicted octanol–water partition coefficient (Wildman–Crippen LogP) is 2.53. The molecule has 3 N–H and O–H groups in total. The van der Waals surface area contributed by atoms with E-state index < -0.39 is 43.6 Å². The van der Waals surface area contributed by atoms with Crippen LogP contribution in [0, 0.1) is 0 Å². The van der Waals surface area contributed by atoms with Gasteiger partial charge in [-0.15, -0.1) is 0 Å². The van der Waals surface area contributed by atoms with Gasteiger partial charge in [0, 0.05) is 23.5 Å². The number of sulfonamides is 1. The summed E-state index contributed by atoms with van der Waals surface area (Å²) in [6.07, 6.45) is -3.06. The van der Waals surface area contributed by atoms with E-state index in [-0.39, 0.29) is 16.6 Å². The molecule has 3 rings (SSSR count). The minimum absolute atomic E-state index is 0.0276. The first-order valence-electron chi connectivity index (χ1n) is 8.26. The Balaban J connectivity index is 2.45. The molecule has 2 aromatic carbocycles. The number of nitrogens with zero attached hydrogens (tertiary/aromatic N) is 1. The van der Waals surface area contributed by atoms with Crippen molar-refractivity contribution in [2.45, 2.75) is 11.1 Å².